The Morgan fingerprint density at radius 2 is 1.74 bits per heavy atom. The van der Waals surface area contributed by atoms with E-state index in [4.69, 9.17) is 0 Å². The predicted octanol–water partition coefficient (Wildman–Crippen LogP) is -3.18. The van der Waals surface area contributed by atoms with E-state index in [0.29, 0.717) is 5.06 Å². The molecule has 19 heavy (non-hydrogen) atoms. The molecule has 0 unspecified atom stereocenters. The molecule has 8 heteroatoms. The number of carbonyl (C=O) groups is 4. The smallest absolute Gasteiger partial charge is 0.358 e. The van der Waals surface area contributed by atoms with Crippen LogP contribution in [0.4, 0.5) is 0 Å². The molecule has 0 atom stereocenters. The van der Waals surface area contributed by atoms with Gasteiger partial charge in [-0.15, -0.1) is 5.06 Å². The molecule has 0 aromatic carbocycles. The minimum absolute atomic E-state index is 0. The summed E-state index contributed by atoms with van der Waals surface area (Å²) in [5.41, 5.74) is 0. The molecule has 0 aliphatic carbocycles. The van der Waals surface area contributed by atoms with E-state index in [9.17, 15) is 19.2 Å². The summed E-state index contributed by atoms with van der Waals surface area (Å²) in [5.74, 6) is -2.49. The first-order valence-electron chi connectivity index (χ1n) is 5.26. The van der Waals surface area contributed by atoms with E-state index in [1.807, 2.05) is 0 Å². The molecule has 1 rings (SSSR count). The topological polar surface area (TPSA) is 92.8 Å². The molecule has 0 aromatic rings. The van der Waals surface area contributed by atoms with Gasteiger partial charge in [-0.1, -0.05) is 13.8 Å². The van der Waals surface area contributed by atoms with E-state index in [-0.39, 0.29) is 108 Å². The Morgan fingerprint density at radius 1 is 1.26 bits per heavy atom. The Kier molecular flexibility index (Phi) is 11.2. The standard InChI is InChI=1S/C10H14N2O5.CH3.Cs/c1-6(2)10(16)11-5-9(15)17-12-7(13)3-4-8(12)14;;/h6H,3-5H2,1-2H3,(H,11,16);1H3;/q;-1;+1. The molecule has 0 bridgehead atoms. The summed E-state index contributed by atoms with van der Waals surface area (Å²) in [6.07, 6.45) is 0.0922. The van der Waals surface area contributed by atoms with Crippen molar-refractivity contribution in [2.45, 2.75) is 26.7 Å². The number of carbonyl (C=O) groups excluding carboxylic acids is 4. The molecular weight excluding hydrogens is 373 g/mol. The minimum atomic E-state index is -0.845. The summed E-state index contributed by atoms with van der Waals surface area (Å²) in [7, 11) is 0. The van der Waals surface area contributed by atoms with Crippen molar-refractivity contribution < 1.29 is 92.9 Å². The Bertz CT molecular complexity index is 354. The fourth-order valence-electron chi connectivity index (χ4n) is 1.16. The minimum Gasteiger partial charge on any atom is -0.358 e. The van der Waals surface area contributed by atoms with Gasteiger partial charge in [0.1, 0.15) is 6.54 Å². The maximum Gasteiger partial charge on any atom is 1.00 e. The number of nitrogens with zero attached hydrogens (tertiary/aromatic N) is 1. The molecule has 1 saturated heterocycles. The summed E-state index contributed by atoms with van der Waals surface area (Å²) in [6, 6.07) is 0. The molecule has 0 aromatic heterocycles. The zero-order chi connectivity index (χ0) is 13.0. The Hall–Kier alpha value is 0.132. The molecular formula is C11H17CsN2O5. The van der Waals surface area contributed by atoms with Crippen molar-refractivity contribution in [3.63, 3.8) is 0 Å². The van der Waals surface area contributed by atoms with Crippen LogP contribution in [-0.4, -0.2) is 35.3 Å². The van der Waals surface area contributed by atoms with E-state index >= 15 is 0 Å². The molecule has 0 saturated carbocycles. The average molecular weight is 390 g/mol. The van der Waals surface area contributed by atoms with E-state index in [2.05, 4.69) is 10.2 Å². The molecule has 7 nitrogen and oxygen atoms in total. The van der Waals surface area contributed by atoms with Gasteiger partial charge in [-0.05, 0) is 0 Å². The van der Waals surface area contributed by atoms with Crippen LogP contribution in [0.3, 0.4) is 0 Å². The summed E-state index contributed by atoms with van der Waals surface area (Å²) in [5, 5.41) is 2.77. The van der Waals surface area contributed by atoms with Gasteiger partial charge in [0.05, 0.1) is 0 Å². The summed E-state index contributed by atoms with van der Waals surface area (Å²) in [6.45, 7) is 2.98. The van der Waals surface area contributed by atoms with Gasteiger partial charge in [0.15, 0.2) is 0 Å². The monoisotopic (exact) mass is 390 g/mol. The third-order valence-corrected chi connectivity index (χ3v) is 2.13. The fourth-order valence-corrected chi connectivity index (χ4v) is 1.16. The van der Waals surface area contributed by atoms with Crippen LogP contribution in [0.5, 0.6) is 0 Å². The van der Waals surface area contributed by atoms with Gasteiger partial charge in [-0.3, -0.25) is 14.4 Å². The molecule has 1 aliphatic heterocycles. The van der Waals surface area contributed by atoms with E-state index < -0.39 is 17.8 Å². The van der Waals surface area contributed by atoms with Crippen LogP contribution in [0.2, 0.25) is 0 Å². The van der Waals surface area contributed by atoms with Crippen LogP contribution in [-0.2, 0) is 24.0 Å². The molecule has 1 aliphatic rings. The van der Waals surface area contributed by atoms with Crippen LogP contribution in [0.25, 0.3) is 0 Å². The van der Waals surface area contributed by atoms with Gasteiger partial charge in [-0.25, -0.2) is 4.79 Å². The molecule has 0 spiro atoms. The van der Waals surface area contributed by atoms with Gasteiger partial charge >= 0.3 is 74.9 Å². The van der Waals surface area contributed by atoms with Crippen molar-refractivity contribution in [3.8, 4) is 0 Å². The van der Waals surface area contributed by atoms with Crippen LogP contribution < -0.4 is 74.2 Å². The number of hydrogen-bond acceptors (Lipinski definition) is 5. The maximum atomic E-state index is 11.2. The third-order valence-electron chi connectivity index (χ3n) is 2.13. The fraction of sp³-hybridized carbons (Fsp3) is 0.545. The van der Waals surface area contributed by atoms with Gasteiger partial charge in [0, 0.05) is 18.8 Å². The summed E-state index contributed by atoms with van der Waals surface area (Å²) >= 11 is 0. The first kappa shape index (κ1) is 21.4. The normalized spacial score (nSPS) is 13.7. The Morgan fingerprint density at radius 3 is 2.16 bits per heavy atom. The second-order valence-electron chi connectivity index (χ2n) is 3.92. The number of nitrogens with one attached hydrogen (secondary N) is 1. The van der Waals surface area contributed by atoms with Gasteiger partial charge < -0.3 is 17.6 Å². The van der Waals surface area contributed by atoms with Crippen LogP contribution in [0.15, 0.2) is 0 Å². The van der Waals surface area contributed by atoms with Crippen LogP contribution in [0, 0.1) is 13.3 Å². The average Bonchev–Trinajstić information content (AvgIpc) is 2.57. The Balaban J connectivity index is 0. The van der Waals surface area contributed by atoms with Crippen LogP contribution >= 0.6 is 0 Å². The SMILES string of the molecule is CC(C)C(=O)NCC(=O)ON1C(=O)CCC1=O.[CH3-].[Cs+]. The van der Waals surface area contributed by atoms with Crippen molar-refractivity contribution in [2.24, 2.45) is 5.92 Å². The number of hydroxylamine groups is 2. The third kappa shape index (κ3) is 6.91. The van der Waals surface area contributed by atoms with Crippen molar-refractivity contribution in [1.29, 1.82) is 0 Å². The summed E-state index contributed by atoms with van der Waals surface area (Å²) < 4.78 is 0. The zero-order valence-corrected chi connectivity index (χ0v) is 18.0. The number of hydrogen-bond donors (Lipinski definition) is 1. The largest absolute Gasteiger partial charge is 1.00 e. The van der Waals surface area contributed by atoms with E-state index in [1.54, 1.807) is 13.8 Å². The number of imide groups is 1. The van der Waals surface area contributed by atoms with Crippen molar-refractivity contribution in [1.82, 2.24) is 10.4 Å². The van der Waals surface area contributed by atoms with Gasteiger partial charge in [-0.2, -0.15) is 0 Å². The Labute approximate surface area is 171 Å². The molecule has 3 amide bonds. The van der Waals surface area contributed by atoms with Crippen LogP contribution in [0.1, 0.15) is 26.7 Å². The van der Waals surface area contributed by atoms with Crippen molar-refractivity contribution >= 4 is 23.7 Å². The number of rotatable bonds is 4. The molecule has 1 N–H and O–H groups in total. The first-order chi connectivity index (χ1) is 7.91. The maximum absolute atomic E-state index is 11.2. The van der Waals surface area contributed by atoms with E-state index in [1.165, 1.54) is 0 Å². The van der Waals surface area contributed by atoms with E-state index in [0.717, 1.165) is 0 Å². The predicted molar refractivity (Wildman–Crippen MR) is 61.4 cm³/mol. The number of amides is 3. The molecule has 102 valence electrons. The zero-order valence-electron chi connectivity index (χ0n) is 11.7. The second-order valence-corrected chi connectivity index (χ2v) is 3.92. The quantitative estimate of drug-likeness (QED) is 0.404. The first-order valence-corrected chi connectivity index (χ1v) is 5.26. The molecule has 1 heterocycles. The molecule has 0 radical (unpaired) electrons. The van der Waals surface area contributed by atoms with Crippen molar-refractivity contribution in [2.75, 3.05) is 6.54 Å². The van der Waals surface area contributed by atoms with Gasteiger partial charge in [0.2, 0.25) is 5.91 Å². The second kappa shape index (κ2) is 9.95. The van der Waals surface area contributed by atoms with Gasteiger partial charge in [0.25, 0.3) is 11.8 Å². The summed E-state index contributed by atoms with van der Waals surface area (Å²) in [4.78, 5) is 49.1. The molecule has 1 fully saturated rings. The van der Waals surface area contributed by atoms with Crippen molar-refractivity contribution in [3.05, 3.63) is 7.43 Å².